The van der Waals surface area contributed by atoms with E-state index in [0.717, 1.165) is 49.4 Å². The van der Waals surface area contributed by atoms with Crippen LogP contribution in [0.4, 0.5) is 0 Å². The van der Waals surface area contributed by atoms with Crippen LogP contribution in [0.2, 0.25) is 0 Å². The molecule has 0 aliphatic carbocycles. The van der Waals surface area contributed by atoms with E-state index < -0.39 is 0 Å². The molecule has 19 heavy (non-hydrogen) atoms. The maximum atomic E-state index is 10.0. The van der Waals surface area contributed by atoms with Gasteiger partial charge in [-0.1, -0.05) is 6.92 Å². The first-order valence-corrected chi connectivity index (χ1v) is 7.47. The standard InChI is InChI=1S/C15H26N2O2/c1-4-14(18)15-11(2)16-17(12(15)3)9-5-7-13-8-6-10-19-13/h13-14,18H,4-10H2,1-3H3. The third kappa shape index (κ3) is 3.37. The summed E-state index contributed by atoms with van der Waals surface area (Å²) in [5, 5.41) is 14.6. The normalized spacial score (nSPS) is 20.9. The average Bonchev–Trinajstić information content (AvgIpc) is 2.98. The molecular weight excluding hydrogens is 240 g/mol. The molecule has 0 saturated carbocycles. The number of ether oxygens (including phenoxy) is 1. The van der Waals surface area contributed by atoms with Crippen LogP contribution in [-0.2, 0) is 11.3 Å². The molecule has 1 N–H and O–H groups in total. The molecule has 2 heterocycles. The van der Waals surface area contributed by atoms with Crippen LogP contribution in [0.25, 0.3) is 0 Å². The summed E-state index contributed by atoms with van der Waals surface area (Å²) in [6, 6.07) is 0. The molecule has 0 amide bonds. The molecule has 0 bridgehead atoms. The van der Waals surface area contributed by atoms with Crippen molar-refractivity contribution < 1.29 is 9.84 Å². The molecule has 1 aliphatic rings. The molecule has 0 aromatic carbocycles. The topological polar surface area (TPSA) is 47.3 Å². The van der Waals surface area contributed by atoms with E-state index in [4.69, 9.17) is 4.74 Å². The Bertz CT molecular complexity index is 409. The Kier molecular flexibility index (Phi) is 4.99. The van der Waals surface area contributed by atoms with Gasteiger partial charge in [0.1, 0.15) is 0 Å². The Labute approximate surface area is 115 Å². The van der Waals surface area contributed by atoms with Gasteiger partial charge in [0.25, 0.3) is 0 Å². The Morgan fingerprint density at radius 3 is 2.89 bits per heavy atom. The van der Waals surface area contributed by atoms with E-state index in [2.05, 4.69) is 12.0 Å². The van der Waals surface area contributed by atoms with Crippen molar-refractivity contribution in [2.75, 3.05) is 6.61 Å². The van der Waals surface area contributed by atoms with Crippen molar-refractivity contribution in [3.05, 3.63) is 17.0 Å². The molecule has 0 radical (unpaired) electrons. The Hall–Kier alpha value is -0.870. The number of aliphatic hydroxyl groups excluding tert-OH is 1. The van der Waals surface area contributed by atoms with Gasteiger partial charge in [-0.25, -0.2) is 0 Å². The minimum Gasteiger partial charge on any atom is -0.388 e. The Morgan fingerprint density at radius 2 is 2.26 bits per heavy atom. The molecule has 1 fully saturated rings. The monoisotopic (exact) mass is 266 g/mol. The van der Waals surface area contributed by atoms with E-state index in [-0.39, 0.29) is 6.10 Å². The first-order valence-electron chi connectivity index (χ1n) is 7.47. The van der Waals surface area contributed by atoms with Crippen molar-refractivity contribution in [2.24, 2.45) is 0 Å². The van der Waals surface area contributed by atoms with E-state index in [0.29, 0.717) is 6.10 Å². The van der Waals surface area contributed by atoms with Gasteiger partial charge in [-0.3, -0.25) is 4.68 Å². The van der Waals surface area contributed by atoms with E-state index in [1.54, 1.807) is 0 Å². The number of hydrogen-bond donors (Lipinski definition) is 1. The lowest BCUT2D eigenvalue weighted by Gasteiger charge is -2.11. The molecular formula is C15H26N2O2. The van der Waals surface area contributed by atoms with Crippen molar-refractivity contribution in [1.29, 1.82) is 0 Å². The van der Waals surface area contributed by atoms with Crippen molar-refractivity contribution in [3.8, 4) is 0 Å². The van der Waals surface area contributed by atoms with E-state index in [9.17, 15) is 5.11 Å². The van der Waals surface area contributed by atoms with Gasteiger partial charge < -0.3 is 9.84 Å². The molecule has 4 heteroatoms. The third-order valence-electron chi connectivity index (χ3n) is 4.08. The Balaban J connectivity index is 1.93. The highest BCUT2D eigenvalue weighted by Gasteiger charge is 2.18. The van der Waals surface area contributed by atoms with Crippen molar-refractivity contribution in [2.45, 2.75) is 71.6 Å². The molecule has 0 spiro atoms. The summed E-state index contributed by atoms with van der Waals surface area (Å²) in [5.41, 5.74) is 3.09. The van der Waals surface area contributed by atoms with Gasteiger partial charge in [0.15, 0.2) is 0 Å². The number of aromatic nitrogens is 2. The summed E-state index contributed by atoms with van der Waals surface area (Å²) in [5.74, 6) is 0. The first kappa shape index (κ1) is 14.5. The van der Waals surface area contributed by atoms with Gasteiger partial charge in [-0.05, 0) is 46.0 Å². The van der Waals surface area contributed by atoms with E-state index in [1.807, 2.05) is 18.5 Å². The van der Waals surface area contributed by atoms with E-state index in [1.165, 1.54) is 12.8 Å². The van der Waals surface area contributed by atoms with E-state index >= 15 is 0 Å². The number of hydrogen-bond acceptors (Lipinski definition) is 3. The molecule has 1 aromatic rings. The summed E-state index contributed by atoms with van der Waals surface area (Å²) in [7, 11) is 0. The Morgan fingerprint density at radius 1 is 1.47 bits per heavy atom. The second-order valence-electron chi connectivity index (χ2n) is 5.51. The van der Waals surface area contributed by atoms with Gasteiger partial charge in [-0.15, -0.1) is 0 Å². The summed E-state index contributed by atoms with van der Waals surface area (Å²) in [6.07, 6.45) is 5.43. The molecule has 108 valence electrons. The van der Waals surface area contributed by atoms with Crippen LogP contribution in [0.1, 0.15) is 62.1 Å². The maximum absolute atomic E-state index is 10.0. The highest BCUT2D eigenvalue weighted by Crippen LogP contribution is 2.24. The van der Waals surface area contributed by atoms with Crippen LogP contribution < -0.4 is 0 Å². The minimum absolute atomic E-state index is 0.382. The van der Waals surface area contributed by atoms with Crippen LogP contribution >= 0.6 is 0 Å². The quantitative estimate of drug-likeness (QED) is 0.861. The zero-order chi connectivity index (χ0) is 13.8. The molecule has 2 rings (SSSR count). The summed E-state index contributed by atoms with van der Waals surface area (Å²) >= 11 is 0. The number of aryl methyl sites for hydroxylation is 2. The van der Waals surface area contributed by atoms with Crippen LogP contribution in [0.15, 0.2) is 0 Å². The zero-order valence-corrected chi connectivity index (χ0v) is 12.4. The minimum atomic E-state index is -0.382. The second kappa shape index (κ2) is 6.53. The van der Waals surface area contributed by atoms with Crippen molar-refractivity contribution >= 4 is 0 Å². The number of aliphatic hydroxyl groups is 1. The van der Waals surface area contributed by atoms with Gasteiger partial charge in [0.2, 0.25) is 0 Å². The molecule has 2 atom stereocenters. The largest absolute Gasteiger partial charge is 0.388 e. The zero-order valence-electron chi connectivity index (χ0n) is 12.4. The summed E-state index contributed by atoms with van der Waals surface area (Å²) in [4.78, 5) is 0. The van der Waals surface area contributed by atoms with Crippen molar-refractivity contribution in [3.63, 3.8) is 0 Å². The molecule has 4 nitrogen and oxygen atoms in total. The van der Waals surface area contributed by atoms with Gasteiger partial charge in [0, 0.05) is 24.4 Å². The lowest BCUT2D eigenvalue weighted by atomic mass is 10.1. The predicted octanol–water partition coefficient (Wildman–Crippen LogP) is 2.90. The average molecular weight is 266 g/mol. The van der Waals surface area contributed by atoms with Gasteiger partial charge >= 0.3 is 0 Å². The highest BCUT2D eigenvalue weighted by atomic mass is 16.5. The lowest BCUT2D eigenvalue weighted by molar-refractivity contribution is 0.101. The fourth-order valence-electron chi connectivity index (χ4n) is 2.96. The SMILES string of the molecule is CCC(O)c1c(C)nn(CCCC2CCCO2)c1C. The predicted molar refractivity (Wildman–Crippen MR) is 75.2 cm³/mol. The van der Waals surface area contributed by atoms with Crippen molar-refractivity contribution in [1.82, 2.24) is 9.78 Å². The molecule has 1 aromatic heterocycles. The fraction of sp³-hybridized carbons (Fsp3) is 0.800. The number of nitrogens with zero attached hydrogens (tertiary/aromatic N) is 2. The maximum Gasteiger partial charge on any atom is 0.0823 e. The molecule has 1 aliphatic heterocycles. The highest BCUT2D eigenvalue weighted by molar-refractivity contribution is 5.26. The van der Waals surface area contributed by atoms with Crippen LogP contribution in [0, 0.1) is 13.8 Å². The smallest absolute Gasteiger partial charge is 0.0823 e. The molecule has 1 saturated heterocycles. The first-order chi connectivity index (χ1) is 9.13. The lowest BCUT2D eigenvalue weighted by Crippen LogP contribution is -2.09. The fourth-order valence-corrected chi connectivity index (χ4v) is 2.96. The summed E-state index contributed by atoms with van der Waals surface area (Å²) < 4.78 is 7.68. The summed E-state index contributed by atoms with van der Waals surface area (Å²) in [6.45, 7) is 7.89. The molecule has 2 unspecified atom stereocenters. The van der Waals surface area contributed by atoms with Crippen LogP contribution in [-0.4, -0.2) is 27.6 Å². The van der Waals surface area contributed by atoms with Crippen LogP contribution in [0.3, 0.4) is 0 Å². The van der Waals surface area contributed by atoms with Crippen LogP contribution in [0.5, 0.6) is 0 Å². The number of rotatable bonds is 6. The van der Waals surface area contributed by atoms with Gasteiger partial charge in [-0.2, -0.15) is 5.10 Å². The van der Waals surface area contributed by atoms with Gasteiger partial charge in [0.05, 0.1) is 17.9 Å². The third-order valence-corrected chi connectivity index (χ3v) is 4.08. The second-order valence-corrected chi connectivity index (χ2v) is 5.51.